The van der Waals surface area contributed by atoms with Crippen LogP contribution in [0.15, 0.2) is 18.3 Å². The highest BCUT2D eigenvalue weighted by Crippen LogP contribution is 2.21. The molecule has 0 saturated carbocycles. The topological polar surface area (TPSA) is 45.1 Å². The van der Waals surface area contributed by atoms with Crippen molar-refractivity contribution in [1.82, 2.24) is 10.3 Å². The second kappa shape index (κ2) is 5.80. The molecule has 0 fully saturated rings. The van der Waals surface area contributed by atoms with E-state index < -0.39 is 5.60 Å². The number of nitrogens with zero attached hydrogens (tertiary/aromatic N) is 1. The predicted octanol–water partition coefficient (Wildman–Crippen LogP) is 2.79. The minimum atomic E-state index is -0.719. The molecular formula is C13H21ClN2O. The Balaban J connectivity index is 2.62. The first-order chi connectivity index (χ1) is 7.84. The average molecular weight is 257 g/mol. The summed E-state index contributed by atoms with van der Waals surface area (Å²) in [5.74, 6) is 0.201. The highest BCUT2D eigenvalue weighted by atomic mass is 35.5. The average Bonchev–Trinajstić information content (AvgIpc) is 2.26. The summed E-state index contributed by atoms with van der Waals surface area (Å²) in [6.45, 7) is 8.38. The van der Waals surface area contributed by atoms with Gasteiger partial charge in [-0.25, -0.2) is 4.98 Å². The molecule has 0 aliphatic carbocycles. The fourth-order valence-corrected chi connectivity index (χ4v) is 1.68. The summed E-state index contributed by atoms with van der Waals surface area (Å²) in [5, 5.41) is 13.9. The second-order valence-electron chi connectivity index (χ2n) is 5.00. The van der Waals surface area contributed by atoms with Crippen molar-refractivity contribution in [3.8, 4) is 0 Å². The van der Waals surface area contributed by atoms with Crippen LogP contribution in [0.25, 0.3) is 0 Å². The molecule has 2 unspecified atom stereocenters. The van der Waals surface area contributed by atoms with Crippen molar-refractivity contribution in [1.29, 1.82) is 0 Å². The van der Waals surface area contributed by atoms with E-state index in [1.165, 1.54) is 0 Å². The van der Waals surface area contributed by atoms with E-state index in [0.717, 1.165) is 5.56 Å². The molecule has 0 aliphatic heterocycles. The van der Waals surface area contributed by atoms with Gasteiger partial charge in [-0.05, 0) is 25.8 Å². The summed E-state index contributed by atoms with van der Waals surface area (Å²) in [6.07, 6.45) is 1.67. The predicted molar refractivity (Wildman–Crippen MR) is 71.1 cm³/mol. The molecule has 0 radical (unpaired) electrons. The Morgan fingerprint density at radius 2 is 2.12 bits per heavy atom. The van der Waals surface area contributed by atoms with Crippen molar-refractivity contribution in [2.45, 2.75) is 39.3 Å². The zero-order chi connectivity index (χ0) is 13.1. The monoisotopic (exact) mass is 256 g/mol. The SMILES string of the molecule is CC(NCC(C)(O)C(C)C)c1cccnc1Cl. The van der Waals surface area contributed by atoms with Crippen molar-refractivity contribution in [2.75, 3.05) is 6.54 Å². The van der Waals surface area contributed by atoms with Crippen LogP contribution in [-0.4, -0.2) is 22.2 Å². The summed E-state index contributed by atoms with van der Waals surface area (Å²) >= 11 is 6.02. The number of nitrogens with one attached hydrogen (secondary N) is 1. The van der Waals surface area contributed by atoms with Crippen molar-refractivity contribution >= 4 is 11.6 Å². The van der Waals surface area contributed by atoms with Gasteiger partial charge in [0.1, 0.15) is 5.15 Å². The number of rotatable bonds is 5. The molecule has 0 aliphatic rings. The van der Waals surface area contributed by atoms with E-state index in [0.29, 0.717) is 11.7 Å². The van der Waals surface area contributed by atoms with Gasteiger partial charge in [-0.1, -0.05) is 31.5 Å². The molecule has 0 spiro atoms. The Morgan fingerprint density at radius 1 is 1.47 bits per heavy atom. The van der Waals surface area contributed by atoms with Crippen LogP contribution in [0, 0.1) is 5.92 Å². The third-order valence-corrected chi connectivity index (χ3v) is 3.58. The molecule has 1 aromatic heterocycles. The van der Waals surface area contributed by atoms with Gasteiger partial charge < -0.3 is 10.4 Å². The van der Waals surface area contributed by atoms with Gasteiger partial charge in [0.15, 0.2) is 0 Å². The molecule has 0 aromatic carbocycles. The maximum atomic E-state index is 10.1. The van der Waals surface area contributed by atoms with Gasteiger partial charge in [-0.2, -0.15) is 0 Å². The lowest BCUT2D eigenvalue weighted by molar-refractivity contribution is 0.0122. The number of pyridine rings is 1. The van der Waals surface area contributed by atoms with Gasteiger partial charge in [0, 0.05) is 24.3 Å². The molecule has 0 amide bonds. The van der Waals surface area contributed by atoms with Gasteiger partial charge in [0.25, 0.3) is 0 Å². The van der Waals surface area contributed by atoms with Crippen molar-refractivity contribution in [2.24, 2.45) is 5.92 Å². The highest BCUT2D eigenvalue weighted by molar-refractivity contribution is 6.30. The Kier molecular flexibility index (Phi) is 4.92. The third-order valence-electron chi connectivity index (χ3n) is 3.26. The van der Waals surface area contributed by atoms with Crippen LogP contribution in [-0.2, 0) is 0 Å². The largest absolute Gasteiger partial charge is 0.389 e. The van der Waals surface area contributed by atoms with Crippen LogP contribution in [0.1, 0.15) is 39.3 Å². The molecule has 17 heavy (non-hydrogen) atoms. The lowest BCUT2D eigenvalue weighted by Gasteiger charge is -2.29. The maximum Gasteiger partial charge on any atom is 0.133 e. The van der Waals surface area contributed by atoms with Crippen LogP contribution in [0.5, 0.6) is 0 Å². The molecular weight excluding hydrogens is 236 g/mol. The van der Waals surface area contributed by atoms with E-state index in [9.17, 15) is 5.11 Å². The summed E-state index contributed by atoms with van der Waals surface area (Å²) in [7, 11) is 0. The van der Waals surface area contributed by atoms with E-state index in [4.69, 9.17) is 11.6 Å². The molecule has 96 valence electrons. The fourth-order valence-electron chi connectivity index (χ4n) is 1.40. The lowest BCUT2D eigenvalue weighted by Crippen LogP contribution is -2.43. The maximum absolute atomic E-state index is 10.1. The van der Waals surface area contributed by atoms with E-state index in [-0.39, 0.29) is 12.0 Å². The van der Waals surface area contributed by atoms with Crippen LogP contribution in [0.3, 0.4) is 0 Å². The van der Waals surface area contributed by atoms with Gasteiger partial charge >= 0.3 is 0 Å². The minimum absolute atomic E-state index is 0.0708. The number of hydrogen-bond donors (Lipinski definition) is 2. The van der Waals surface area contributed by atoms with Crippen molar-refractivity contribution in [3.05, 3.63) is 29.0 Å². The molecule has 1 rings (SSSR count). The normalized spacial score (nSPS) is 16.9. The quantitative estimate of drug-likeness (QED) is 0.797. The van der Waals surface area contributed by atoms with Crippen molar-refractivity contribution in [3.63, 3.8) is 0 Å². The molecule has 0 bridgehead atoms. The first-order valence-electron chi connectivity index (χ1n) is 5.90. The molecule has 4 heteroatoms. The number of halogens is 1. The van der Waals surface area contributed by atoms with Crippen LogP contribution in [0.4, 0.5) is 0 Å². The van der Waals surface area contributed by atoms with E-state index in [1.54, 1.807) is 6.20 Å². The smallest absolute Gasteiger partial charge is 0.133 e. The summed E-state index contributed by atoms with van der Waals surface area (Å²) in [4.78, 5) is 4.04. The Hall–Kier alpha value is -0.640. The van der Waals surface area contributed by atoms with Gasteiger partial charge in [0.05, 0.1) is 5.60 Å². The zero-order valence-electron chi connectivity index (χ0n) is 10.9. The van der Waals surface area contributed by atoms with Gasteiger partial charge in [-0.3, -0.25) is 0 Å². The van der Waals surface area contributed by atoms with Gasteiger partial charge in [0.2, 0.25) is 0 Å². The molecule has 2 atom stereocenters. The van der Waals surface area contributed by atoms with Crippen LogP contribution < -0.4 is 5.32 Å². The number of aromatic nitrogens is 1. The van der Waals surface area contributed by atoms with Crippen LogP contribution in [0.2, 0.25) is 5.15 Å². The highest BCUT2D eigenvalue weighted by Gasteiger charge is 2.25. The minimum Gasteiger partial charge on any atom is -0.389 e. The van der Waals surface area contributed by atoms with Crippen LogP contribution >= 0.6 is 11.6 Å². The number of aliphatic hydroxyl groups is 1. The first kappa shape index (κ1) is 14.4. The standard InChI is InChI=1S/C13H21ClN2O/c1-9(2)13(4,17)8-16-10(3)11-6-5-7-15-12(11)14/h5-7,9-10,16-17H,8H2,1-4H3. The molecule has 1 aromatic rings. The molecule has 2 N–H and O–H groups in total. The summed E-state index contributed by atoms with van der Waals surface area (Å²) in [5.41, 5.74) is 0.233. The zero-order valence-corrected chi connectivity index (χ0v) is 11.6. The second-order valence-corrected chi connectivity index (χ2v) is 5.36. The van der Waals surface area contributed by atoms with Gasteiger partial charge in [-0.15, -0.1) is 0 Å². The van der Waals surface area contributed by atoms with E-state index >= 15 is 0 Å². The number of hydrogen-bond acceptors (Lipinski definition) is 3. The van der Waals surface area contributed by atoms with E-state index in [2.05, 4.69) is 10.3 Å². The van der Waals surface area contributed by atoms with Crippen molar-refractivity contribution < 1.29 is 5.11 Å². The molecule has 1 heterocycles. The fraction of sp³-hybridized carbons (Fsp3) is 0.615. The Labute approximate surface area is 108 Å². The van der Waals surface area contributed by atoms with E-state index in [1.807, 2.05) is 39.8 Å². The molecule has 3 nitrogen and oxygen atoms in total. The summed E-state index contributed by atoms with van der Waals surface area (Å²) < 4.78 is 0. The lowest BCUT2D eigenvalue weighted by atomic mass is 9.92. The first-order valence-corrected chi connectivity index (χ1v) is 6.28. The third kappa shape index (κ3) is 3.95. The molecule has 0 saturated heterocycles. The Morgan fingerprint density at radius 3 is 2.65 bits per heavy atom. The Bertz CT molecular complexity index is 366. The summed E-state index contributed by atoms with van der Waals surface area (Å²) in [6, 6.07) is 3.87.